The molecule has 122 valence electrons. The summed E-state index contributed by atoms with van der Waals surface area (Å²) in [6.45, 7) is 5.95. The van der Waals surface area contributed by atoms with Crippen LogP contribution in [0.1, 0.15) is 39.5 Å². The minimum absolute atomic E-state index is 0.0317. The van der Waals surface area contributed by atoms with Crippen LogP contribution in [0.3, 0.4) is 0 Å². The van der Waals surface area contributed by atoms with Gasteiger partial charge in [0, 0.05) is 19.1 Å². The van der Waals surface area contributed by atoms with Crippen molar-refractivity contribution in [3.8, 4) is 0 Å². The summed E-state index contributed by atoms with van der Waals surface area (Å²) in [6, 6.07) is -0.0987. The third-order valence-corrected chi connectivity index (χ3v) is 6.02. The van der Waals surface area contributed by atoms with Crippen molar-refractivity contribution in [2.24, 2.45) is 5.92 Å². The Balaban J connectivity index is 1.84. The molecule has 7 heteroatoms. The van der Waals surface area contributed by atoms with Gasteiger partial charge in [0.1, 0.15) is 0 Å². The molecule has 0 aromatic rings. The highest BCUT2D eigenvalue weighted by Gasteiger charge is 2.33. The first-order chi connectivity index (χ1) is 9.93. The average molecular weight is 317 g/mol. The number of sulfonamides is 1. The molecule has 0 aromatic carbocycles. The van der Waals surface area contributed by atoms with Gasteiger partial charge in [0.2, 0.25) is 15.9 Å². The third kappa shape index (κ3) is 4.40. The number of rotatable bonds is 4. The summed E-state index contributed by atoms with van der Waals surface area (Å²) in [5.74, 6) is 0.664. The van der Waals surface area contributed by atoms with Gasteiger partial charge in [-0.25, -0.2) is 13.1 Å². The van der Waals surface area contributed by atoms with E-state index in [1.165, 1.54) is 0 Å². The van der Waals surface area contributed by atoms with Crippen LogP contribution in [0.4, 0.5) is 0 Å². The summed E-state index contributed by atoms with van der Waals surface area (Å²) in [5.41, 5.74) is 0. The lowest BCUT2D eigenvalue weighted by Crippen LogP contribution is -2.55. The maximum Gasteiger partial charge on any atom is 0.239 e. The van der Waals surface area contributed by atoms with E-state index < -0.39 is 10.0 Å². The Labute approximate surface area is 127 Å². The molecule has 2 aliphatic heterocycles. The van der Waals surface area contributed by atoms with Crippen molar-refractivity contribution in [3.63, 3.8) is 0 Å². The van der Waals surface area contributed by atoms with Gasteiger partial charge in [-0.2, -0.15) is 0 Å². The quantitative estimate of drug-likeness (QED) is 0.782. The second kappa shape index (κ2) is 7.07. The van der Waals surface area contributed by atoms with Crippen LogP contribution in [0.2, 0.25) is 0 Å². The molecular formula is C14H27N3O3S. The van der Waals surface area contributed by atoms with E-state index >= 15 is 0 Å². The Kier molecular flexibility index (Phi) is 5.62. The van der Waals surface area contributed by atoms with Crippen molar-refractivity contribution in [2.45, 2.75) is 51.6 Å². The first kappa shape index (κ1) is 16.7. The monoisotopic (exact) mass is 317 g/mol. The lowest BCUT2D eigenvalue weighted by Gasteiger charge is -2.37. The summed E-state index contributed by atoms with van der Waals surface area (Å²) in [5, 5.41) is 3.32. The maximum absolute atomic E-state index is 12.5. The third-order valence-electron chi connectivity index (χ3n) is 4.57. The molecule has 2 heterocycles. The molecule has 2 unspecified atom stereocenters. The van der Waals surface area contributed by atoms with Gasteiger partial charge in [-0.1, -0.05) is 6.92 Å². The van der Waals surface area contributed by atoms with Crippen molar-refractivity contribution in [2.75, 3.05) is 25.4 Å². The van der Waals surface area contributed by atoms with E-state index in [9.17, 15) is 13.2 Å². The fourth-order valence-electron chi connectivity index (χ4n) is 3.13. The van der Waals surface area contributed by atoms with E-state index in [4.69, 9.17) is 0 Å². The van der Waals surface area contributed by atoms with Crippen molar-refractivity contribution < 1.29 is 13.2 Å². The molecule has 2 saturated heterocycles. The summed E-state index contributed by atoms with van der Waals surface area (Å²) < 4.78 is 25.9. The molecule has 1 amide bonds. The van der Waals surface area contributed by atoms with Crippen molar-refractivity contribution in [1.82, 2.24) is 14.9 Å². The zero-order chi connectivity index (χ0) is 15.5. The van der Waals surface area contributed by atoms with Crippen LogP contribution in [0.15, 0.2) is 0 Å². The van der Waals surface area contributed by atoms with Gasteiger partial charge in [-0.05, 0) is 45.1 Å². The van der Waals surface area contributed by atoms with Gasteiger partial charge in [0.05, 0.1) is 11.8 Å². The number of hydrogen-bond donors (Lipinski definition) is 2. The van der Waals surface area contributed by atoms with E-state index in [0.717, 1.165) is 19.4 Å². The molecule has 0 bridgehead atoms. The van der Waals surface area contributed by atoms with Gasteiger partial charge in [0.25, 0.3) is 0 Å². The minimum Gasteiger partial charge on any atom is -0.341 e. The molecule has 6 nitrogen and oxygen atoms in total. The molecular weight excluding hydrogens is 290 g/mol. The number of nitrogens with one attached hydrogen (secondary N) is 2. The average Bonchev–Trinajstić information content (AvgIpc) is 2.47. The molecule has 2 rings (SSSR count). The highest BCUT2D eigenvalue weighted by atomic mass is 32.2. The van der Waals surface area contributed by atoms with Crippen LogP contribution in [0, 0.1) is 5.92 Å². The first-order valence-corrected chi connectivity index (χ1v) is 9.60. The summed E-state index contributed by atoms with van der Waals surface area (Å²) in [7, 11) is -3.15. The predicted octanol–water partition coefficient (Wildman–Crippen LogP) is 0.305. The number of carbonyl (C=O) groups is 1. The largest absolute Gasteiger partial charge is 0.341 e. The van der Waals surface area contributed by atoms with E-state index in [-0.39, 0.29) is 23.7 Å². The van der Waals surface area contributed by atoms with Crippen LogP contribution < -0.4 is 10.0 Å². The van der Waals surface area contributed by atoms with Crippen molar-refractivity contribution in [1.29, 1.82) is 0 Å². The molecule has 0 aliphatic carbocycles. The smallest absolute Gasteiger partial charge is 0.239 e. The van der Waals surface area contributed by atoms with Gasteiger partial charge in [0.15, 0.2) is 0 Å². The molecule has 21 heavy (non-hydrogen) atoms. The number of amides is 1. The number of carbonyl (C=O) groups excluding carboxylic acids is 1. The van der Waals surface area contributed by atoms with Crippen LogP contribution in [0.25, 0.3) is 0 Å². The van der Waals surface area contributed by atoms with E-state index in [1.807, 2.05) is 4.90 Å². The zero-order valence-corrected chi connectivity index (χ0v) is 13.8. The summed E-state index contributed by atoms with van der Waals surface area (Å²) in [6.07, 6.45) is 3.63. The number of likely N-dealkylation sites (tertiary alicyclic amines) is 1. The predicted molar refractivity (Wildman–Crippen MR) is 82.4 cm³/mol. The van der Waals surface area contributed by atoms with Gasteiger partial charge < -0.3 is 10.2 Å². The van der Waals surface area contributed by atoms with Crippen LogP contribution >= 0.6 is 0 Å². The molecule has 2 aliphatic rings. The minimum atomic E-state index is -3.15. The zero-order valence-electron chi connectivity index (χ0n) is 13.0. The second-order valence-corrected chi connectivity index (χ2v) is 8.21. The van der Waals surface area contributed by atoms with Crippen LogP contribution in [-0.2, 0) is 14.8 Å². The SMILES string of the molecule is CCS(=O)(=O)NC1CCN(C(=O)C2NCCCC2C)CC1. The highest BCUT2D eigenvalue weighted by Crippen LogP contribution is 2.20. The van der Waals surface area contributed by atoms with Crippen LogP contribution in [-0.4, -0.2) is 56.7 Å². The Bertz CT molecular complexity index is 458. The standard InChI is InChI=1S/C14H27N3O3S/c1-3-21(19,20)16-12-6-9-17(10-7-12)14(18)13-11(2)5-4-8-15-13/h11-13,15-16H,3-10H2,1-2H3. The lowest BCUT2D eigenvalue weighted by atomic mass is 9.91. The normalized spacial score (nSPS) is 28.6. The topological polar surface area (TPSA) is 78.5 Å². The summed E-state index contributed by atoms with van der Waals surface area (Å²) in [4.78, 5) is 14.4. The highest BCUT2D eigenvalue weighted by molar-refractivity contribution is 7.89. The van der Waals surface area contributed by atoms with Gasteiger partial charge in [-0.3, -0.25) is 4.79 Å². The van der Waals surface area contributed by atoms with Gasteiger partial charge >= 0.3 is 0 Å². The molecule has 0 spiro atoms. The molecule has 0 radical (unpaired) electrons. The van der Waals surface area contributed by atoms with E-state index in [1.54, 1.807) is 6.92 Å². The number of nitrogens with zero attached hydrogens (tertiary/aromatic N) is 1. The fraction of sp³-hybridized carbons (Fsp3) is 0.929. The molecule has 2 N–H and O–H groups in total. The Hall–Kier alpha value is -0.660. The Morgan fingerprint density at radius 1 is 1.29 bits per heavy atom. The van der Waals surface area contributed by atoms with E-state index in [2.05, 4.69) is 17.0 Å². The number of piperidine rings is 2. The van der Waals surface area contributed by atoms with Gasteiger partial charge in [-0.15, -0.1) is 0 Å². The molecule has 2 atom stereocenters. The van der Waals surface area contributed by atoms with E-state index in [0.29, 0.717) is 31.8 Å². The Morgan fingerprint density at radius 2 is 1.95 bits per heavy atom. The second-order valence-electron chi connectivity index (χ2n) is 6.17. The Morgan fingerprint density at radius 3 is 2.52 bits per heavy atom. The number of hydrogen-bond acceptors (Lipinski definition) is 4. The van der Waals surface area contributed by atoms with Crippen molar-refractivity contribution in [3.05, 3.63) is 0 Å². The molecule has 0 aromatic heterocycles. The van der Waals surface area contributed by atoms with Crippen LogP contribution in [0.5, 0.6) is 0 Å². The maximum atomic E-state index is 12.5. The molecule has 2 fully saturated rings. The first-order valence-electron chi connectivity index (χ1n) is 7.95. The summed E-state index contributed by atoms with van der Waals surface area (Å²) >= 11 is 0. The van der Waals surface area contributed by atoms with Crippen molar-refractivity contribution >= 4 is 15.9 Å². The fourth-order valence-corrected chi connectivity index (χ4v) is 4.04. The molecule has 0 saturated carbocycles. The lowest BCUT2D eigenvalue weighted by molar-refractivity contribution is -0.136.